The van der Waals surface area contributed by atoms with Gasteiger partial charge in [0.2, 0.25) is 0 Å². The van der Waals surface area contributed by atoms with E-state index in [1.54, 1.807) is 12.1 Å². The fraction of sp³-hybridized carbons (Fsp3) is 0.385. The van der Waals surface area contributed by atoms with Crippen molar-refractivity contribution in [2.45, 2.75) is 18.8 Å². The lowest BCUT2D eigenvalue weighted by Crippen LogP contribution is -2.22. The molecule has 1 aromatic rings. The monoisotopic (exact) mass is 252 g/mol. The van der Waals surface area contributed by atoms with Crippen molar-refractivity contribution in [3.63, 3.8) is 0 Å². The van der Waals surface area contributed by atoms with E-state index in [1.807, 2.05) is 12.1 Å². The van der Waals surface area contributed by atoms with Gasteiger partial charge in [0.15, 0.2) is 5.78 Å². The summed E-state index contributed by atoms with van der Waals surface area (Å²) >= 11 is 5.80. The van der Waals surface area contributed by atoms with E-state index in [0.29, 0.717) is 17.9 Å². The van der Waals surface area contributed by atoms with Crippen LogP contribution in [0.4, 0.5) is 0 Å². The molecule has 0 heterocycles. The van der Waals surface area contributed by atoms with Gasteiger partial charge in [0.25, 0.3) is 0 Å². The molecule has 17 heavy (non-hydrogen) atoms. The Kier molecular flexibility index (Phi) is 3.48. The zero-order valence-corrected chi connectivity index (χ0v) is 10.2. The second-order valence-corrected chi connectivity index (χ2v) is 4.60. The molecule has 0 aromatic heterocycles. The number of rotatable bonds is 2. The summed E-state index contributed by atoms with van der Waals surface area (Å²) in [5, 5.41) is 0.642. The highest BCUT2D eigenvalue weighted by Crippen LogP contribution is 2.35. The molecule has 90 valence electrons. The van der Waals surface area contributed by atoms with Gasteiger partial charge in [0.1, 0.15) is 5.92 Å². The zero-order chi connectivity index (χ0) is 12.4. The number of Topliss-reactive ketones (excluding diaryl/α,β-unsaturated/α-hetero) is 1. The van der Waals surface area contributed by atoms with Crippen molar-refractivity contribution in [2.24, 2.45) is 5.92 Å². The minimum absolute atomic E-state index is 0.0424. The Balaban J connectivity index is 2.17. The van der Waals surface area contributed by atoms with Crippen molar-refractivity contribution in [1.29, 1.82) is 0 Å². The summed E-state index contributed by atoms with van der Waals surface area (Å²) in [4.78, 5) is 23.4. The van der Waals surface area contributed by atoms with E-state index in [2.05, 4.69) is 4.74 Å². The van der Waals surface area contributed by atoms with Gasteiger partial charge in [0.05, 0.1) is 7.11 Å². The molecule has 0 aliphatic heterocycles. The topological polar surface area (TPSA) is 43.4 Å². The number of hydrogen-bond acceptors (Lipinski definition) is 3. The molecule has 2 rings (SSSR count). The van der Waals surface area contributed by atoms with E-state index in [-0.39, 0.29) is 11.7 Å². The van der Waals surface area contributed by atoms with Crippen molar-refractivity contribution < 1.29 is 14.3 Å². The van der Waals surface area contributed by atoms with Crippen molar-refractivity contribution in [3.8, 4) is 0 Å². The maximum atomic E-state index is 12.1. The van der Waals surface area contributed by atoms with Gasteiger partial charge in [-0.15, -0.1) is 0 Å². The molecule has 0 spiro atoms. The van der Waals surface area contributed by atoms with Crippen molar-refractivity contribution in [3.05, 3.63) is 34.9 Å². The highest BCUT2D eigenvalue weighted by molar-refractivity contribution is 6.30. The molecule has 1 saturated carbocycles. The number of hydrogen-bond donors (Lipinski definition) is 0. The van der Waals surface area contributed by atoms with Crippen molar-refractivity contribution in [2.75, 3.05) is 7.11 Å². The minimum Gasteiger partial charge on any atom is -0.468 e. The van der Waals surface area contributed by atoms with Crippen LogP contribution in [0.5, 0.6) is 0 Å². The second-order valence-electron chi connectivity index (χ2n) is 4.16. The lowest BCUT2D eigenvalue weighted by molar-refractivity contribution is -0.148. The van der Waals surface area contributed by atoms with Crippen LogP contribution in [0.2, 0.25) is 5.02 Å². The highest BCUT2D eigenvalue weighted by atomic mass is 35.5. The predicted molar refractivity (Wildman–Crippen MR) is 63.9 cm³/mol. The van der Waals surface area contributed by atoms with E-state index < -0.39 is 11.9 Å². The first-order chi connectivity index (χ1) is 8.13. The van der Waals surface area contributed by atoms with Crippen LogP contribution in [-0.4, -0.2) is 18.9 Å². The quantitative estimate of drug-likeness (QED) is 0.600. The smallest absolute Gasteiger partial charge is 0.316 e. The summed E-state index contributed by atoms with van der Waals surface area (Å²) in [5.41, 5.74) is 0.922. The second kappa shape index (κ2) is 4.88. The Labute approximate surface area is 105 Å². The summed E-state index contributed by atoms with van der Waals surface area (Å²) in [7, 11) is 1.31. The molecule has 0 amide bonds. The number of halogens is 1. The number of carbonyl (C=O) groups excluding carboxylic acids is 2. The maximum Gasteiger partial charge on any atom is 0.316 e. The molecule has 2 atom stereocenters. The SMILES string of the molecule is COC(=O)C1CCC(c2ccc(Cl)cc2)C1=O. The van der Waals surface area contributed by atoms with Crippen LogP contribution in [0, 0.1) is 5.92 Å². The molecule has 1 aliphatic rings. The van der Waals surface area contributed by atoms with Gasteiger partial charge in [-0.25, -0.2) is 0 Å². The Morgan fingerprint density at radius 1 is 1.29 bits per heavy atom. The predicted octanol–water partition coefficient (Wildman–Crippen LogP) is 2.58. The van der Waals surface area contributed by atoms with Crippen LogP contribution < -0.4 is 0 Å². The van der Waals surface area contributed by atoms with Crippen molar-refractivity contribution >= 4 is 23.4 Å². The minimum atomic E-state index is -0.597. The summed E-state index contributed by atoms with van der Waals surface area (Å²) in [6.07, 6.45) is 1.26. The fourth-order valence-electron chi connectivity index (χ4n) is 2.26. The van der Waals surface area contributed by atoms with Crippen LogP contribution in [0.25, 0.3) is 0 Å². The van der Waals surface area contributed by atoms with Crippen LogP contribution >= 0.6 is 11.6 Å². The molecule has 0 radical (unpaired) electrons. The number of benzene rings is 1. The number of esters is 1. The first-order valence-electron chi connectivity index (χ1n) is 5.50. The van der Waals surface area contributed by atoms with E-state index in [0.717, 1.165) is 5.56 Å². The lowest BCUT2D eigenvalue weighted by atomic mass is 9.95. The number of ketones is 1. The summed E-state index contributed by atoms with van der Waals surface area (Å²) in [5.74, 6) is -1.26. The normalized spacial score (nSPS) is 23.8. The molecular formula is C13H13ClO3. The van der Waals surface area contributed by atoms with Gasteiger partial charge in [-0.1, -0.05) is 23.7 Å². The van der Waals surface area contributed by atoms with Crippen LogP contribution in [-0.2, 0) is 14.3 Å². The molecule has 2 unspecified atom stereocenters. The summed E-state index contributed by atoms with van der Waals surface area (Å²) in [6, 6.07) is 7.19. The fourth-order valence-corrected chi connectivity index (χ4v) is 2.39. The number of carbonyl (C=O) groups is 2. The van der Waals surface area contributed by atoms with E-state index in [4.69, 9.17) is 11.6 Å². The molecule has 0 N–H and O–H groups in total. The number of methoxy groups -OCH3 is 1. The third kappa shape index (κ3) is 2.34. The molecule has 1 aromatic carbocycles. The Morgan fingerprint density at radius 3 is 2.53 bits per heavy atom. The van der Waals surface area contributed by atoms with Crippen molar-refractivity contribution in [1.82, 2.24) is 0 Å². The molecule has 1 aliphatic carbocycles. The standard InChI is InChI=1S/C13H13ClO3/c1-17-13(16)11-7-6-10(12(11)15)8-2-4-9(14)5-3-8/h2-5,10-11H,6-7H2,1H3. The van der Waals surface area contributed by atoms with Crippen LogP contribution in [0.1, 0.15) is 24.3 Å². The van der Waals surface area contributed by atoms with Gasteiger partial charge in [-0.2, -0.15) is 0 Å². The number of ether oxygens (including phenoxy) is 1. The summed E-state index contributed by atoms with van der Waals surface area (Å²) in [6.45, 7) is 0. The first kappa shape index (κ1) is 12.1. The molecule has 1 fully saturated rings. The van der Waals surface area contributed by atoms with E-state index in [1.165, 1.54) is 7.11 Å². The molecule has 0 saturated heterocycles. The van der Waals surface area contributed by atoms with Gasteiger partial charge in [0, 0.05) is 10.9 Å². The van der Waals surface area contributed by atoms with E-state index >= 15 is 0 Å². The zero-order valence-electron chi connectivity index (χ0n) is 9.48. The molecule has 0 bridgehead atoms. The van der Waals surface area contributed by atoms with Gasteiger partial charge >= 0.3 is 5.97 Å². The van der Waals surface area contributed by atoms with Gasteiger partial charge < -0.3 is 4.74 Å². The highest BCUT2D eigenvalue weighted by Gasteiger charge is 2.39. The third-order valence-electron chi connectivity index (χ3n) is 3.19. The van der Waals surface area contributed by atoms with E-state index in [9.17, 15) is 9.59 Å². The van der Waals surface area contributed by atoms with Gasteiger partial charge in [-0.05, 0) is 30.5 Å². The average Bonchev–Trinajstić information content (AvgIpc) is 2.71. The Bertz CT molecular complexity index is 438. The molecule has 3 nitrogen and oxygen atoms in total. The Morgan fingerprint density at radius 2 is 1.94 bits per heavy atom. The van der Waals surface area contributed by atoms with Crippen LogP contribution in [0.3, 0.4) is 0 Å². The first-order valence-corrected chi connectivity index (χ1v) is 5.88. The largest absolute Gasteiger partial charge is 0.468 e. The van der Waals surface area contributed by atoms with Crippen LogP contribution in [0.15, 0.2) is 24.3 Å². The Hall–Kier alpha value is -1.35. The van der Waals surface area contributed by atoms with Gasteiger partial charge in [-0.3, -0.25) is 9.59 Å². The maximum absolute atomic E-state index is 12.1. The average molecular weight is 253 g/mol. The molecule has 4 heteroatoms. The molecular weight excluding hydrogens is 240 g/mol. The summed E-state index contributed by atoms with van der Waals surface area (Å²) < 4.78 is 4.63. The lowest BCUT2D eigenvalue weighted by Gasteiger charge is -2.09. The third-order valence-corrected chi connectivity index (χ3v) is 3.44.